The van der Waals surface area contributed by atoms with E-state index in [0.717, 1.165) is 10.8 Å². The van der Waals surface area contributed by atoms with Crippen LogP contribution in [0.4, 0.5) is 5.82 Å². The summed E-state index contributed by atoms with van der Waals surface area (Å²) in [5, 5.41) is 1.49. The zero-order valence-corrected chi connectivity index (χ0v) is 14.6. The van der Waals surface area contributed by atoms with Crippen molar-refractivity contribution in [3.8, 4) is 5.75 Å². The molecule has 0 aliphatic heterocycles. The molecule has 0 aliphatic rings. The van der Waals surface area contributed by atoms with Crippen LogP contribution in [0.25, 0.3) is 21.9 Å². The van der Waals surface area contributed by atoms with Gasteiger partial charge in [-0.3, -0.25) is 0 Å². The number of nitrogens with two attached hydrogens (primary N) is 1. The van der Waals surface area contributed by atoms with Crippen LogP contribution in [0.15, 0.2) is 63.8 Å². The number of hydrogen-bond acceptors (Lipinski definition) is 8. The SMILES string of the molecule is Nc1nc(COC(=O)COc2ccc3ccc(=O)oc3c2)nc2ccccc12. The minimum atomic E-state index is -0.593. The van der Waals surface area contributed by atoms with E-state index in [-0.39, 0.29) is 13.2 Å². The Bertz CT molecular complexity index is 1240. The van der Waals surface area contributed by atoms with Crippen molar-refractivity contribution in [2.45, 2.75) is 6.61 Å². The van der Waals surface area contributed by atoms with Crippen LogP contribution in [-0.2, 0) is 16.1 Å². The third-order valence-corrected chi connectivity index (χ3v) is 3.99. The number of aromatic nitrogens is 2. The summed E-state index contributed by atoms with van der Waals surface area (Å²) in [5.41, 5.74) is 6.50. The fourth-order valence-corrected chi connectivity index (χ4v) is 2.68. The third-order valence-electron chi connectivity index (χ3n) is 3.99. The largest absolute Gasteiger partial charge is 0.482 e. The maximum atomic E-state index is 11.9. The van der Waals surface area contributed by atoms with Crippen LogP contribution in [0.3, 0.4) is 0 Å². The van der Waals surface area contributed by atoms with Crippen LogP contribution >= 0.6 is 0 Å². The standard InChI is InChI=1S/C20H15N3O5/c21-20-14-3-1-2-4-15(14)22-17(23-20)10-27-19(25)11-26-13-7-5-12-6-8-18(24)28-16(12)9-13/h1-9H,10-11H2,(H2,21,22,23). The Morgan fingerprint density at radius 3 is 2.79 bits per heavy atom. The van der Waals surface area contributed by atoms with E-state index in [9.17, 15) is 9.59 Å². The average Bonchev–Trinajstić information content (AvgIpc) is 2.70. The number of anilines is 1. The highest BCUT2D eigenvalue weighted by atomic mass is 16.6. The second-order valence-electron chi connectivity index (χ2n) is 5.95. The number of nitrogens with zero attached hydrogens (tertiary/aromatic N) is 2. The van der Waals surface area contributed by atoms with Crippen molar-refractivity contribution in [1.82, 2.24) is 9.97 Å². The van der Waals surface area contributed by atoms with Gasteiger partial charge in [0.25, 0.3) is 0 Å². The Balaban J connectivity index is 1.38. The molecule has 8 heteroatoms. The molecular weight excluding hydrogens is 362 g/mol. The van der Waals surface area contributed by atoms with Gasteiger partial charge in [0.1, 0.15) is 17.2 Å². The van der Waals surface area contributed by atoms with E-state index < -0.39 is 11.6 Å². The first-order chi connectivity index (χ1) is 13.6. The zero-order valence-electron chi connectivity index (χ0n) is 14.6. The molecule has 2 heterocycles. The van der Waals surface area contributed by atoms with Crippen LogP contribution in [-0.4, -0.2) is 22.5 Å². The Labute approximate surface area is 158 Å². The normalized spacial score (nSPS) is 10.9. The highest BCUT2D eigenvalue weighted by Crippen LogP contribution is 2.20. The Kier molecular flexibility index (Phi) is 4.59. The van der Waals surface area contributed by atoms with Gasteiger partial charge in [0, 0.05) is 22.9 Å². The van der Waals surface area contributed by atoms with Gasteiger partial charge in [-0.2, -0.15) is 0 Å². The molecule has 0 radical (unpaired) electrons. The van der Waals surface area contributed by atoms with Gasteiger partial charge in [-0.05, 0) is 30.3 Å². The fraction of sp³-hybridized carbons (Fsp3) is 0.100. The first kappa shape index (κ1) is 17.5. The van der Waals surface area contributed by atoms with Gasteiger partial charge >= 0.3 is 11.6 Å². The Morgan fingerprint density at radius 2 is 1.89 bits per heavy atom. The van der Waals surface area contributed by atoms with Gasteiger partial charge < -0.3 is 19.6 Å². The molecule has 2 aromatic carbocycles. The lowest BCUT2D eigenvalue weighted by atomic mass is 10.2. The quantitative estimate of drug-likeness (QED) is 0.416. The molecule has 4 rings (SSSR count). The molecule has 2 aromatic heterocycles. The summed E-state index contributed by atoms with van der Waals surface area (Å²) in [4.78, 5) is 31.7. The summed E-state index contributed by atoms with van der Waals surface area (Å²) < 4.78 is 15.6. The molecule has 0 bridgehead atoms. The Hall–Kier alpha value is -3.94. The number of ether oxygens (including phenoxy) is 2. The van der Waals surface area contributed by atoms with Crippen LogP contribution < -0.4 is 16.1 Å². The van der Waals surface area contributed by atoms with Crippen molar-refractivity contribution >= 4 is 33.7 Å². The number of carbonyl (C=O) groups is 1. The topological polar surface area (TPSA) is 118 Å². The van der Waals surface area contributed by atoms with Crippen molar-refractivity contribution in [2.75, 3.05) is 12.3 Å². The van der Waals surface area contributed by atoms with Crippen molar-refractivity contribution in [1.29, 1.82) is 0 Å². The van der Waals surface area contributed by atoms with Crippen molar-refractivity contribution < 1.29 is 18.7 Å². The van der Waals surface area contributed by atoms with E-state index in [0.29, 0.717) is 28.5 Å². The number of para-hydroxylation sites is 1. The Morgan fingerprint density at radius 1 is 1.07 bits per heavy atom. The maximum Gasteiger partial charge on any atom is 0.344 e. The minimum absolute atomic E-state index is 0.121. The molecule has 4 aromatic rings. The van der Waals surface area contributed by atoms with Gasteiger partial charge in [-0.15, -0.1) is 0 Å². The molecule has 140 valence electrons. The summed E-state index contributed by atoms with van der Waals surface area (Å²) in [7, 11) is 0. The van der Waals surface area contributed by atoms with E-state index in [4.69, 9.17) is 19.6 Å². The van der Waals surface area contributed by atoms with Crippen molar-refractivity contribution in [3.05, 3.63) is 70.8 Å². The summed E-state index contributed by atoms with van der Waals surface area (Å²) in [6, 6.07) is 15.2. The molecule has 0 aliphatic carbocycles. The highest BCUT2D eigenvalue weighted by Gasteiger charge is 2.10. The smallest absolute Gasteiger partial charge is 0.344 e. The van der Waals surface area contributed by atoms with E-state index >= 15 is 0 Å². The molecular formula is C20H15N3O5. The molecule has 0 fully saturated rings. The third kappa shape index (κ3) is 3.75. The second-order valence-corrected chi connectivity index (χ2v) is 5.95. The van der Waals surface area contributed by atoms with Crippen LogP contribution in [0, 0.1) is 0 Å². The first-order valence-corrected chi connectivity index (χ1v) is 8.42. The average molecular weight is 377 g/mol. The summed E-state index contributed by atoms with van der Waals surface area (Å²) >= 11 is 0. The predicted octanol–water partition coefficient (Wildman–Crippen LogP) is 2.44. The van der Waals surface area contributed by atoms with E-state index in [1.54, 1.807) is 24.3 Å². The zero-order chi connectivity index (χ0) is 19.5. The lowest BCUT2D eigenvalue weighted by Gasteiger charge is -2.08. The van der Waals surface area contributed by atoms with Crippen LogP contribution in [0.5, 0.6) is 5.75 Å². The second kappa shape index (κ2) is 7.36. The molecule has 0 unspecified atom stereocenters. The molecule has 28 heavy (non-hydrogen) atoms. The van der Waals surface area contributed by atoms with Crippen LogP contribution in [0.1, 0.15) is 5.82 Å². The molecule has 0 saturated heterocycles. The fourth-order valence-electron chi connectivity index (χ4n) is 2.68. The van der Waals surface area contributed by atoms with Crippen molar-refractivity contribution in [2.24, 2.45) is 0 Å². The lowest BCUT2D eigenvalue weighted by molar-refractivity contribution is -0.147. The van der Waals surface area contributed by atoms with Crippen molar-refractivity contribution in [3.63, 3.8) is 0 Å². The van der Waals surface area contributed by atoms with E-state index in [1.165, 1.54) is 12.1 Å². The molecule has 0 saturated carbocycles. The molecule has 8 nitrogen and oxygen atoms in total. The van der Waals surface area contributed by atoms with Gasteiger partial charge in [0.15, 0.2) is 19.0 Å². The molecule has 0 spiro atoms. The monoisotopic (exact) mass is 377 g/mol. The number of fused-ring (bicyclic) bond motifs is 2. The number of esters is 1. The number of benzene rings is 2. The van der Waals surface area contributed by atoms with Gasteiger partial charge in [-0.25, -0.2) is 19.6 Å². The van der Waals surface area contributed by atoms with E-state index in [1.807, 2.05) is 18.2 Å². The van der Waals surface area contributed by atoms with E-state index in [2.05, 4.69) is 9.97 Å². The molecule has 2 N–H and O–H groups in total. The molecule has 0 atom stereocenters. The maximum absolute atomic E-state index is 11.9. The number of nitrogen functional groups attached to an aromatic ring is 1. The van der Waals surface area contributed by atoms with Gasteiger partial charge in [0.05, 0.1) is 5.52 Å². The van der Waals surface area contributed by atoms with Crippen LogP contribution in [0.2, 0.25) is 0 Å². The minimum Gasteiger partial charge on any atom is -0.482 e. The first-order valence-electron chi connectivity index (χ1n) is 8.42. The number of rotatable bonds is 5. The summed E-state index contributed by atoms with van der Waals surface area (Å²) in [6.07, 6.45) is 0. The number of hydrogen-bond donors (Lipinski definition) is 1. The summed E-state index contributed by atoms with van der Waals surface area (Å²) in [6.45, 7) is -0.435. The molecule has 0 amide bonds. The number of carbonyl (C=O) groups excluding carboxylic acids is 1. The lowest BCUT2D eigenvalue weighted by Crippen LogP contribution is -2.16. The summed E-state index contributed by atoms with van der Waals surface area (Å²) in [5.74, 6) is 0.414. The predicted molar refractivity (Wildman–Crippen MR) is 102 cm³/mol. The highest BCUT2D eigenvalue weighted by molar-refractivity contribution is 5.87. The van der Waals surface area contributed by atoms with Gasteiger partial charge in [-0.1, -0.05) is 12.1 Å². The van der Waals surface area contributed by atoms with Gasteiger partial charge in [0.2, 0.25) is 0 Å².